The van der Waals surface area contributed by atoms with E-state index in [1.807, 2.05) is 69.3 Å². The lowest BCUT2D eigenvalue weighted by Crippen LogP contribution is -2.52. The molecule has 0 atom stereocenters. The second-order valence-electron chi connectivity index (χ2n) is 11.4. The van der Waals surface area contributed by atoms with Crippen molar-refractivity contribution in [3.05, 3.63) is 58.6 Å². The van der Waals surface area contributed by atoms with E-state index in [0.29, 0.717) is 13.0 Å². The Labute approximate surface area is 227 Å². The maximum Gasteiger partial charge on any atom is 0.407 e. The summed E-state index contributed by atoms with van der Waals surface area (Å²) >= 11 is 3.42. The monoisotopic (exact) mass is 569 g/mol. The number of carbonyl (C=O) groups excluding carboxylic acids is 3. The first-order valence-electron chi connectivity index (χ1n) is 12.9. The van der Waals surface area contributed by atoms with Gasteiger partial charge in [0.1, 0.15) is 5.60 Å². The van der Waals surface area contributed by atoms with Crippen LogP contribution in [0.1, 0.15) is 64.9 Å². The van der Waals surface area contributed by atoms with Crippen LogP contribution in [0.3, 0.4) is 0 Å². The van der Waals surface area contributed by atoms with Crippen LogP contribution in [0.2, 0.25) is 0 Å². The average molecular weight is 571 g/mol. The van der Waals surface area contributed by atoms with Crippen molar-refractivity contribution in [2.75, 3.05) is 17.2 Å². The van der Waals surface area contributed by atoms with Gasteiger partial charge in [0.15, 0.2) is 0 Å². The van der Waals surface area contributed by atoms with Crippen LogP contribution in [-0.4, -0.2) is 30.1 Å². The molecule has 5 rings (SSSR count). The number of nitrogens with one attached hydrogen (secondary N) is 3. The lowest BCUT2D eigenvalue weighted by molar-refractivity contribution is -0.144. The normalized spacial score (nSPS) is 22.7. The van der Waals surface area contributed by atoms with E-state index in [-0.39, 0.29) is 17.2 Å². The number of ether oxygens (including phenoxy) is 1. The number of hydrogen-bond donors (Lipinski definition) is 3. The number of rotatable bonds is 7. The summed E-state index contributed by atoms with van der Waals surface area (Å²) in [4.78, 5) is 38.2. The second-order valence-corrected chi connectivity index (χ2v) is 12.3. The standard InChI is InChI=1S/C29H36BrN3O4/c1-27(2,3)37-26(36)31-19-12-20-4-8-22(9-5-20)32-24(34)28-13-16-29(17-14-28,18-15-28)25(35)33-23-10-6-21(30)7-11-23/h4-11H,12-19H2,1-3H3,(H,31,36)(H,32,34)(H,33,35). The lowest BCUT2D eigenvalue weighted by atomic mass is 9.53. The van der Waals surface area contributed by atoms with E-state index in [9.17, 15) is 14.4 Å². The highest BCUT2D eigenvalue weighted by atomic mass is 79.9. The van der Waals surface area contributed by atoms with Gasteiger partial charge in [-0.05, 0) is 108 Å². The number of benzene rings is 2. The fourth-order valence-corrected chi connectivity index (χ4v) is 5.57. The molecule has 0 aliphatic heterocycles. The zero-order chi connectivity index (χ0) is 26.7. The molecule has 0 saturated heterocycles. The Morgan fingerprint density at radius 1 is 0.784 bits per heavy atom. The Kier molecular flexibility index (Phi) is 7.97. The largest absolute Gasteiger partial charge is 0.444 e. The fraction of sp³-hybridized carbons (Fsp3) is 0.483. The SMILES string of the molecule is CC(C)(C)OC(=O)NCCc1ccc(NC(=O)C23CCC(C(=O)Nc4ccc(Br)cc4)(CC2)CC3)cc1. The van der Waals surface area contributed by atoms with Crippen molar-refractivity contribution >= 4 is 45.2 Å². The van der Waals surface area contributed by atoms with E-state index in [0.717, 1.165) is 59.9 Å². The number of anilines is 2. The number of halogens is 1. The Morgan fingerprint density at radius 3 is 1.65 bits per heavy atom. The molecule has 0 radical (unpaired) electrons. The van der Waals surface area contributed by atoms with Crippen molar-refractivity contribution in [1.82, 2.24) is 5.32 Å². The molecule has 3 saturated carbocycles. The van der Waals surface area contributed by atoms with Crippen LogP contribution in [-0.2, 0) is 20.7 Å². The molecule has 3 aliphatic carbocycles. The summed E-state index contributed by atoms with van der Waals surface area (Å²) in [6, 6.07) is 15.3. The van der Waals surface area contributed by atoms with Gasteiger partial charge in [0.05, 0.1) is 0 Å². The molecule has 2 aromatic carbocycles. The minimum Gasteiger partial charge on any atom is -0.444 e. The van der Waals surface area contributed by atoms with E-state index in [1.54, 1.807) is 0 Å². The zero-order valence-electron chi connectivity index (χ0n) is 21.8. The van der Waals surface area contributed by atoms with E-state index < -0.39 is 17.1 Å². The zero-order valence-corrected chi connectivity index (χ0v) is 23.4. The molecule has 0 aromatic heterocycles. The summed E-state index contributed by atoms with van der Waals surface area (Å²) in [7, 11) is 0. The molecule has 0 unspecified atom stereocenters. The maximum atomic E-state index is 13.3. The van der Waals surface area contributed by atoms with Crippen LogP contribution < -0.4 is 16.0 Å². The fourth-order valence-electron chi connectivity index (χ4n) is 5.31. The molecule has 7 nitrogen and oxygen atoms in total. The van der Waals surface area contributed by atoms with Gasteiger partial charge in [-0.2, -0.15) is 0 Å². The smallest absolute Gasteiger partial charge is 0.407 e. The molecule has 198 valence electrons. The molecule has 37 heavy (non-hydrogen) atoms. The predicted molar refractivity (Wildman–Crippen MR) is 148 cm³/mol. The van der Waals surface area contributed by atoms with E-state index in [4.69, 9.17) is 4.74 Å². The Balaban J connectivity index is 1.26. The summed E-state index contributed by atoms with van der Waals surface area (Å²) in [6.07, 6.45) is 4.60. The van der Waals surface area contributed by atoms with Gasteiger partial charge >= 0.3 is 6.09 Å². The molecule has 0 spiro atoms. The second kappa shape index (κ2) is 10.9. The average Bonchev–Trinajstić information content (AvgIpc) is 2.86. The van der Waals surface area contributed by atoms with Gasteiger partial charge in [-0.15, -0.1) is 0 Å². The third-order valence-corrected chi connectivity index (χ3v) is 8.13. The summed E-state index contributed by atoms with van der Waals surface area (Å²) < 4.78 is 6.22. The van der Waals surface area contributed by atoms with Gasteiger partial charge in [-0.25, -0.2) is 4.79 Å². The summed E-state index contributed by atoms with van der Waals surface area (Å²) in [5.74, 6) is 0.119. The van der Waals surface area contributed by atoms with Crippen LogP contribution in [0.25, 0.3) is 0 Å². The maximum absolute atomic E-state index is 13.3. The van der Waals surface area contributed by atoms with Crippen LogP contribution >= 0.6 is 15.9 Å². The predicted octanol–water partition coefficient (Wildman–Crippen LogP) is 6.43. The summed E-state index contributed by atoms with van der Waals surface area (Å²) in [5, 5.41) is 8.95. The van der Waals surface area contributed by atoms with Gasteiger partial charge in [-0.3, -0.25) is 9.59 Å². The van der Waals surface area contributed by atoms with Crippen molar-refractivity contribution < 1.29 is 19.1 Å². The molecule has 3 aliphatic rings. The first-order valence-corrected chi connectivity index (χ1v) is 13.7. The Morgan fingerprint density at radius 2 is 1.22 bits per heavy atom. The van der Waals surface area contributed by atoms with E-state index in [1.165, 1.54) is 0 Å². The van der Waals surface area contributed by atoms with Crippen molar-refractivity contribution in [3.63, 3.8) is 0 Å². The van der Waals surface area contributed by atoms with Gasteiger partial charge in [0.2, 0.25) is 11.8 Å². The van der Waals surface area contributed by atoms with Gasteiger partial charge in [0.25, 0.3) is 0 Å². The van der Waals surface area contributed by atoms with Crippen molar-refractivity contribution in [1.29, 1.82) is 0 Å². The highest BCUT2D eigenvalue weighted by molar-refractivity contribution is 9.10. The van der Waals surface area contributed by atoms with Crippen molar-refractivity contribution in [2.45, 2.75) is 71.3 Å². The number of hydrogen-bond acceptors (Lipinski definition) is 4. The number of alkyl carbamates (subject to hydrolysis) is 1. The molecular formula is C29H36BrN3O4. The molecule has 3 amide bonds. The molecule has 3 N–H and O–H groups in total. The third-order valence-electron chi connectivity index (χ3n) is 7.61. The first-order chi connectivity index (χ1) is 17.5. The van der Waals surface area contributed by atoms with E-state index in [2.05, 4.69) is 31.9 Å². The molecule has 3 fully saturated rings. The summed E-state index contributed by atoms with van der Waals surface area (Å²) in [6.45, 7) is 5.97. The van der Waals surface area contributed by atoms with Gasteiger partial charge < -0.3 is 20.7 Å². The lowest BCUT2D eigenvalue weighted by Gasteiger charge is -2.51. The van der Waals surface area contributed by atoms with Gasteiger partial charge in [0, 0.05) is 33.2 Å². The molecular weight excluding hydrogens is 534 g/mol. The highest BCUT2D eigenvalue weighted by Crippen LogP contribution is 2.57. The molecule has 8 heteroatoms. The van der Waals surface area contributed by atoms with Gasteiger partial charge in [-0.1, -0.05) is 28.1 Å². The first kappa shape index (κ1) is 27.2. The topological polar surface area (TPSA) is 96.5 Å². The number of fused-ring (bicyclic) bond motifs is 3. The molecule has 2 aromatic rings. The van der Waals surface area contributed by atoms with Crippen molar-refractivity contribution in [3.8, 4) is 0 Å². The molecule has 2 bridgehead atoms. The van der Waals surface area contributed by atoms with Crippen LogP contribution in [0, 0.1) is 10.8 Å². The third kappa shape index (κ3) is 6.72. The van der Waals surface area contributed by atoms with Crippen molar-refractivity contribution in [2.24, 2.45) is 10.8 Å². The quantitative estimate of drug-likeness (QED) is 0.357. The Bertz CT molecular complexity index is 1110. The minimum atomic E-state index is -0.520. The van der Waals surface area contributed by atoms with E-state index >= 15 is 0 Å². The number of amides is 3. The molecule has 0 heterocycles. The van der Waals surface area contributed by atoms with Crippen LogP contribution in [0.15, 0.2) is 53.0 Å². The number of carbonyl (C=O) groups is 3. The van der Waals surface area contributed by atoms with Crippen LogP contribution in [0.4, 0.5) is 16.2 Å². The Hall–Kier alpha value is -2.87. The minimum absolute atomic E-state index is 0.0495. The van der Waals surface area contributed by atoms with Crippen LogP contribution in [0.5, 0.6) is 0 Å². The highest BCUT2D eigenvalue weighted by Gasteiger charge is 2.55. The summed E-state index contributed by atoms with van der Waals surface area (Å²) in [5.41, 5.74) is 1.31.